The molecule has 0 bridgehead atoms. The summed E-state index contributed by atoms with van der Waals surface area (Å²) in [6.07, 6.45) is 2.35. The van der Waals surface area contributed by atoms with Gasteiger partial charge in [0.2, 0.25) is 29.4 Å². The number of thiazole rings is 1. The molecule has 0 radical (unpaired) electrons. The molecule has 3 heterocycles. The maximum absolute atomic E-state index is 13.9. The molecule has 14 heteroatoms. The number of nitrogens with one attached hydrogen (secondary N) is 3. The zero-order valence-electron chi connectivity index (χ0n) is 30.4. The van der Waals surface area contributed by atoms with Crippen LogP contribution < -0.4 is 16.0 Å². The van der Waals surface area contributed by atoms with Crippen LogP contribution in [0.25, 0.3) is 0 Å². The lowest BCUT2D eigenvalue weighted by Gasteiger charge is -2.39. The molecule has 1 aromatic rings. The van der Waals surface area contributed by atoms with Crippen LogP contribution in [0.5, 0.6) is 0 Å². The first-order chi connectivity index (χ1) is 22.6. The number of amides is 4. The van der Waals surface area contributed by atoms with E-state index >= 15 is 0 Å². The van der Waals surface area contributed by atoms with Crippen molar-refractivity contribution in [3.63, 3.8) is 0 Å². The molecule has 3 N–H and O–H groups in total. The van der Waals surface area contributed by atoms with E-state index in [2.05, 4.69) is 20.9 Å². The lowest BCUT2D eigenvalue weighted by atomic mass is 9.92. The largest absolute Gasteiger partial charge is 0.379 e. The van der Waals surface area contributed by atoms with Crippen molar-refractivity contribution >= 4 is 45.9 Å². The topological polar surface area (TPSA) is 153 Å². The van der Waals surface area contributed by atoms with Crippen LogP contribution >= 0.6 is 11.3 Å². The smallest absolute Gasteiger partial charge is 0.245 e. The van der Waals surface area contributed by atoms with E-state index in [-0.39, 0.29) is 70.5 Å². The third-order valence-corrected chi connectivity index (χ3v) is 10.2. The van der Waals surface area contributed by atoms with Crippen molar-refractivity contribution in [1.82, 2.24) is 30.3 Å². The number of nitrogens with zero attached hydrogens (tertiary/aromatic N) is 4. The Kier molecular flexibility index (Phi) is 14.5. The Hall–Kier alpha value is -2.94. The van der Waals surface area contributed by atoms with E-state index in [4.69, 9.17) is 4.74 Å². The van der Waals surface area contributed by atoms with Gasteiger partial charge in [-0.05, 0) is 64.1 Å². The zero-order valence-corrected chi connectivity index (χ0v) is 31.2. The maximum Gasteiger partial charge on any atom is 0.245 e. The van der Waals surface area contributed by atoms with Crippen LogP contribution in [0.15, 0.2) is 5.38 Å². The predicted octanol–water partition coefficient (Wildman–Crippen LogP) is 2.62. The molecule has 2 aliphatic rings. The Morgan fingerprint density at radius 1 is 1.02 bits per heavy atom. The standard InChI is InChI=1S/C34H57N7O6S/c1-19(2)27(38-31(44)29(21(5)6)39(7)8)33(46)40(9)28(20(3)4)25(47-10)17-26(42)37-34-36-23(18-48-34)30(43)24-14-12-16-41(24)32(45)22-13-11-15-35-22/h18-22,24-25,27-29,35H,11-17H2,1-10H3,(H,38,44)(H,36,37,42)/t22-,24-,25?,27-,28?,29-/m0/s1. The maximum atomic E-state index is 13.9. The lowest BCUT2D eigenvalue weighted by Crippen LogP contribution is -2.59. The Balaban J connectivity index is 1.67. The number of ketones is 1. The van der Waals surface area contributed by atoms with Gasteiger partial charge in [0.15, 0.2) is 5.13 Å². The van der Waals surface area contributed by atoms with E-state index in [0.29, 0.717) is 13.0 Å². The summed E-state index contributed by atoms with van der Waals surface area (Å²) >= 11 is 1.15. The van der Waals surface area contributed by atoms with Crippen LogP contribution in [-0.2, 0) is 23.9 Å². The van der Waals surface area contributed by atoms with Crippen molar-refractivity contribution in [3.05, 3.63) is 11.1 Å². The fourth-order valence-electron chi connectivity index (χ4n) is 7.09. The number of likely N-dealkylation sites (N-methyl/N-ethyl adjacent to an activating group) is 2. The van der Waals surface area contributed by atoms with E-state index in [1.54, 1.807) is 22.2 Å². The minimum Gasteiger partial charge on any atom is -0.379 e. The molecule has 4 amide bonds. The van der Waals surface area contributed by atoms with Gasteiger partial charge >= 0.3 is 0 Å². The van der Waals surface area contributed by atoms with E-state index in [1.807, 2.05) is 60.5 Å². The second kappa shape index (κ2) is 17.6. The fourth-order valence-corrected chi connectivity index (χ4v) is 7.80. The molecule has 0 saturated carbocycles. The first kappa shape index (κ1) is 39.5. The number of ether oxygens (including phenoxy) is 1. The number of hydrogen-bond acceptors (Lipinski definition) is 10. The molecule has 0 aromatic carbocycles. The van der Waals surface area contributed by atoms with E-state index in [1.165, 1.54) is 7.11 Å². The summed E-state index contributed by atoms with van der Waals surface area (Å²) in [4.78, 5) is 76.4. The average Bonchev–Trinajstić information content (AvgIpc) is 3.80. The monoisotopic (exact) mass is 691 g/mol. The van der Waals surface area contributed by atoms with Crippen molar-refractivity contribution in [2.24, 2.45) is 17.8 Å². The molecular formula is C34H57N7O6S. The first-order valence-corrected chi connectivity index (χ1v) is 18.1. The van der Waals surface area contributed by atoms with Crippen LogP contribution in [0.2, 0.25) is 0 Å². The fraction of sp³-hybridized carbons (Fsp3) is 0.765. The molecule has 6 atom stereocenters. The number of aromatic nitrogens is 1. The molecule has 48 heavy (non-hydrogen) atoms. The normalized spacial score (nSPS) is 20.7. The molecule has 13 nitrogen and oxygen atoms in total. The van der Waals surface area contributed by atoms with Crippen molar-refractivity contribution in [2.75, 3.05) is 46.7 Å². The van der Waals surface area contributed by atoms with Gasteiger partial charge in [-0.25, -0.2) is 4.98 Å². The summed E-state index contributed by atoms with van der Waals surface area (Å²) in [5, 5.41) is 10.9. The molecule has 2 fully saturated rings. The van der Waals surface area contributed by atoms with Gasteiger partial charge in [-0.15, -0.1) is 11.3 Å². The number of rotatable bonds is 16. The quantitative estimate of drug-likeness (QED) is 0.222. The Labute approximate surface area is 289 Å². The summed E-state index contributed by atoms with van der Waals surface area (Å²) in [6, 6.07) is -2.42. The van der Waals surface area contributed by atoms with E-state index < -0.39 is 30.3 Å². The van der Waals surface area contributed by atoms with Crippen LogP contribution in [0.3, 0.4) is 0 Å². The molecule has 2 saturated heterocycles. The van der Waals surface area contributed by atoms with Crippen LogP contribution in [0.1, 0.15) is 84.1 Å². The molecule has 2 unspecified atom stereocenters. The van der Waals surface area contributed by atoms with Gasteiger partial charge in [0.05, 0.1) is 36.7 Å². The third kappa shape index (κ3) is 9.60. The first-order valence-electron chi connectivity index (χ1n) is 17.2. The second-order valence-electron chi connectivity index (χ2n) is 14.3. The van der Waals surface area contributed by atoms with E-state index in [0.717, 1.165) is 37.1 Å². The number of carbonyl (C=O) groups excluding carboxylic acids is 5. The minimum atomic E-state index is -0.761. The summed E-state index contributed by atoms with van der Waals surface area (Å²) in [6.45, 7) is 13.0. The number of likely N-dealkylation sites (tertiary alicyclic amines) is 1. The SMILES string of the molecule is COC(CC(=O)Nc1nc(C(=O)[C@@H]2CCCN2C(=O)[C@@H]2CCCN2)cs1)C(C(C)C)N(C)C(=O)[C@@H](NC(=O)[C@H](C(C)C)N(C)C)C(C)C. The molecule has 270 valence electrons. The van der Waals surface area contributed by atoms with Gasteiger partial charge in [-0.1, -0.05) is 41.5 Å². The zero-order chi connectivity index (χ0) is 35.9. The predicted molar refractivity (Wildman–Crippen MR) is 187 cm³/mol. The van der Waals surface area contributed by atoms with Gasteiger partial charge in [-0.3, -0.25) is 28.9 Å². The number of methoxy groups -OCH3 is 1. The Morgan fingerprint density at radius 3 is 2.25 bits per heavy atom. The molecule has 0 spiro atoms. The highest BCUT2D eigenvalue weighted by atomic mass is 32.1. The highest BCUT2D eigenvalue weighted by Crippen LogP contribution is 2.27. The molecule has 1 aromatic heterocycles. The molecular weight excluding hydrogens is 634 g/mol. The minimum absolute atomic E-state index is 0.0312. The third-order valence-electron chi connectivity index (χ3n) is 9.43. The van der Waals surface area contributed by atoms with Crippen LogP contribution in [0.4, 0.5) is 5.13 Å². The molecule has 3 rings (SSSR count). The number of Topliss-reactive ketones (excluding diaryl/α,β-unsaturated/α-hetero) is 1. The Bertz CT molecular complexity index is 1270. The second-order valence-corrected chi connectivity index (χ2v) is 15.2. The van der Waals surface area contributed by atoms with Crippen molar-refractivity contribution in [2.45, 2.75) is 110 Å². The van der Waals surface area contributed by atoms with Gasteiger partial charge in [-0.2, -0.15) is 0 Å². The van der Waals surface area contributed by atoms with Crippen LogP contribution in [0, 0.1) is 17.8 Å². The summed E-state index contributed by atoms with van der Waals surface area (Å²) in [5.74, 6) is -1.29. The van der Waals surface area contributed by atoms with Crippen molar-refractivity contribution < 1.29 is 28.7 Å². The number of hydrogen-bond donors (Lipinski definition) is 3. The van der Waals surface area contributed by atoms with Crippen LogP contribution in [-0.4, -0.2) is 127 Å². The van der Waals surface area contributed by atoms with Gasteiger partial charge < -0.3 is 30.5 Å². The van der Waals surface area contributed by atoms with Gasteiger partial charge in [0.25, 0.3) is 0 Å². The summed E-state index contributed by atoms with van der Waals surface area (Å²) in [5.41, 5.74) is 0.226. The van der Waals surface area contributed by atoms with Crippen molar-refractivity contribution in [3.8, 4) is 0 Å². The van der Waals surface area contributed by atoms with Gasteiger partial charge in [0, 0.05) is 26.1 Å². The summed E-state index contributed by atoms with van der Waals surface area (Å²) in [7, 11) is 6.88. The highest BCUT2D eigenvalue weighted by Gasteiger charge is 2.40. The number of carbonyl (C=O) groups is 5. The summed E-state index contributed by atoms with van der Waals surface area (Å²) < 4.78 is 5.80. The van der Waals surface area contributed by atoms with Gasteiger partial charge in [0.1, 0.15) is 11.7 Å². The number of anilines is 1. The average molecular weight is 692 g/mol. The lowest BCUT2D eigenvalue weighted by molar-refractivity contribution is -0.144. The molecule has 2 aliphatic heterocycles. The van der Waals surface area contributed by atoms with Crippen molar-refractivity contribution in [1.29, 1.82) is 0 Å². The Morgan fingerprint density at radius 2 is 1.71 bits per heavy atom. The molecule has 0 aliphatic carbocycles. The van der Waals surface area contributed by atoms with E-state index in [9.17, 15) is 24.0 Å². The highest BCUT2D eigenvalue weighted by molar-refractivity contribution is 7.14.